The van der Waals surface area contributed by atoms with Crippen LogP contribution in [0.1, 0.15) is 38.8 Å². The summed E-state index contributed by atoms with van der Waals surface area (Å²) >= 11 is 5.92. The van der Waals surface area contributed by atoms with Crippen LogP contribution in [0.3, 0.4) is 0 Å². The van der Waals surface area contributed by atoms with Crippen LogP contribution in [0, 0.1) is 0 Å². The molecule has 1 aromatic heterocycles. The molecule has 178 valence electrons. The second-order valence-corrected chi connectivity index (χ2v) is 9.49. The number of aromatic nitrogens is 1. The van der Waals surface area contributed by atoms with E-state index in [9.17, 15) is 9.59 Å². The van der Waals surface area contributed by atoms with Gasteiger partial charge in [0.1, 0.15) is 11.4 Å². The fraction of sp³-hybridized carbons (Fsp3) is 0.458. The summed E-state index contributed by atoms with van der Waals surface area (Å²) in [5.41, 5.74) is 0.938. The third kappa shape index (κ3) is 7.61. The second-order valence-electron chi connectivity index (χ2n) is 9.05. The summed E-state index contributed by atoms with van der Waals surface area (Å²) < 4.78 is 10.7. The summed E-state index contributed by atoms with van der Waals surface area (Å²) in [5, 5.41) is 6.51. The van der Waals surface area contributed by atoms with Gasteiger partial charge in [0.25, 0.3) is 0 Å². The number of ether oxygens (including phenoxy) is 2. The average molecular weight is 475 g/mol. The van der Waals surface area contributed by atoms with E-state index in [0.29, 0.717) is 36.0 Å². The Bertz CT molecular complexity index is 944. The van der Waals surface area contributed by atoms with E-state index in [4.69, 9.17) is 21.1 Å². The molecule has 3 rings (SSSR count). The lowest BCUT2D eigenvalue weighted by Crippen LogP contribution is -2.52. The monoisotopic (exact) mass is 474 g/mol. The van der Waals surface area contributed by atoms with E-state index >= 15 is 0 Å². The Morgan fingerprint density at radius 3 is 2.52 bits per heavy atom. The Labute approximate surface area is 199 Å². The van der Waals surface area contributed by atoms with E-state index in [1.165, 1.54) is 0 Å². The number of methoxy groups -OCH3 is 1. The Morgan fingerprint density at radius 2 is 1.91 bits per heavy atom. The minimum Gasteiger partial charge on any atom is -0.495 e. The van der Waals surface area contributed by atoms with E-state index in [2.05, 4.69) is 15.6 Å². The normalized spacial score (nSPS) is 18.9. The van der Waals surface area contributed by atoms with Crippen LogP contribution in [-0.2, 0) is 9.53 Å². The molecule has 2 unspecified atom stereocenters. The highest BCUT2D eigenvalue weighted by Crippen LogP contribution is 2.28. The summed E-state index contributed by atoms with van der Waals surface area (Å²) in [6.45, 7) is 6.95. The van der Waals surface area contributed by atoms with Crippen molar-refractivity contribution in [3.63, 3.8) is 0 Å². The van der Waals surface area contributed by atoms with Crippen molar-refractivity contribution in [2.45, 2.75) is 44.8 Å². The number of nitrogens with one attached hydrogen (secondary N) is 2. The number of hydrogen-bond donors (Lipinski definition) is 2. The number of likely N-dealkylation sites (tertiary alicyclic amines) is 1. The maximum Gasteiger partial charge on any atom is 0.320 e. The van der Waals surface area contributed by atoms with E-state index in [1.54, 1.807) is 37.6 Å². The van der Waals surface area contributed by atoms with Crippen molar-refractivity contribution in [2.75, 3.05) is 32.1 Å². The Balaban J connectivity index is 1.70. The molecular weight excluding hydrogens is 444 g/mol. The molecule has 1 aromatic carbocycles. The zero-order chi connectivity index (χ0) is 24.0. The van der Waals surface area contributed by atoms with Crippen molar-refractivity contribution in [2.24, 2.45) is 0 Å². The van der Waals surface area contributed by atoms with Gasteiger partial charge in [-0.15, -0.1) is 0 Å². The van der Waals surface area contributed by atoms with Crippen molar-refractivity contribution in [3.05, 3.63) is 53.3 Å². The zero-order valence-corrected chi connectivity index (χ0v) is 20.2. The molecule has 0 spiro atoms. The molecule has 1 aliphatic heterocycles. The lowest BCUT2D eigenvalue weighted by Gasteiger charge is -2.38. The van der Waals surface area contributed by atoms with Crippen LogP contribution in [0.4, 0.5) is 10.5 Å². The molecule has 0 bridgehead atoms. The van der Waals surface area contributed by atoms with Crippen LogP contribution in [-0.4, -0.2) is 60.3 Å². The van der Waals surface area contributed by atoms with E-state index in [-0.39, 0.29) is 30.5 Å². The smallest absolute Gasteiger partial charge is 0.320 e. The van der Waals surface area contributed by atoms with Gasteiger partial charge in [0.2, 0.25) is 0 Å². The number of esters is 1. The van der Waals surface area contributed by atoms with Crippen molar-refractivity contribution in [3.8, 4) is 5.75 Å². The standard InChI is InChI=1S/C24H31ClN4O4/c1-24(2,3)33-22(30)15-29-12-11-21(19(14-29)20-10-9-18(32-4)13-26-20)28-23(31)27-17-7-5-16(25)6-8-17/h5-10,13,19,21H,11-12,14-15H2,1-4H3,(H2,27,28,31). The molecule has 2 amide bonds. The molecule has 1 aliphatic rings. The van der Waals surface area contributed by atoms with Gasteiger partial charge in [0.15, 0.2) is 0 Å². The predicted octanol–water partition coefficient (Wildman–Crippen LogP) is 4.06. The molecule has 0 saturated carbocycles. The maximum absolute atomic E-state index is 12.7. The lowest BCUT2D eigenvalue weighted by molar-refractivity contribution is -0.156. The van der Waals surface area contributed by atoms with Gasteiger partial charge < -0.3 is 20.1 Å². The molecule has 33 heavy (non-hydrogen) atoms. The first-order valence-electron chi connectivity index (χ1n) is 10.9. The number of rotatable bonds is 6. The summed E-state index contributed by atoms with van der Waals surface area (Å²) in [4.78, 5) is 31.6. The zero-order valence-electron chi connectivity index (χ0n) is 19.4. The number of piperidine rings is 1. The molecule has 2 heterocycles. The number of urea groups is 1. The summed E-state index contributed by atoms with van der Waals surface area (Å²) in [7, 11) is 1.59. The van der Waals surface area contributed by atoms with Gasteiger partial charge in [-0.1, -0.05) is 11.6 Å². The molecule has 8 nitrogen and oxygen atoms in total. The molecule has 2 N–H and O–H groups in total. The van der Waals surface area contributed by atoms with Crippen LogP contribution in [0.2, 0.25) is 5.02 Å². The Hall–Kier alpha value is -2.84. The van der Waals surface area contributed by atoms with Gasteiger partial charge in [0.05, 0.1) is 19.9 Å². The van der Waals surface area contributed by atoms with Crippen molar-refractivity contribution < 1.29 is 19.1 Å². The number of halogens is 1. The largest absolute Gasteiger partial charge is 0.495 e. The summed E-state index contributed by atoms with van der Waals surface area (Å²) in [6.07, 6.45) is 2.32. The van der Waals surface area contributed by atoms with Gasteiger partial charge in [-0.25, -0.2) is 4.79 Å². The molecular formula is C24H31ClN4O4. The number of benzene rings is 1. The highest BCUT2D eigenvalue weighted by atomic mass is 35.5. The molecule has 1 saturated heterocycles. The van der Waals surface area contributed by atoms with Gasteiger partial charge in [-0.3, -0.25) is 14.7 Å². The fourth-order valence-corrected chi connectivity index (χ4v) is 3.92. The third-order valence-corrected chi connectivity index (χ3v) is 5.52. The third-order valence-electron chi connectivity index (χ3n) is 5.26. The summed E-state index contributed by atoms with van der Waals surface area (Å²) in [5.74, 6) is 0.282. The highest BCUT2D eigenvalue weighted by Gasteiger charge is 2.34. The van der Waals surface area contributed by atoms with Crippen molar-refractivity contribution in [1.29, 1.82) is 0 Å². The van der Waals surface area contributed by atoms with E-state index in [0.717, 1.165) is 5.69 Å². The molecule has 0 radical (unpaired) electrons. The van der Waals surface area contributed by atoms with Gasteiger partial charge in [0, 0.05) is 41.5 Å². The number of amides is 2. The molecule has 1 fully saturated rings. The van der Waals surface area contributed by atoms with Crippen molar-refractivity contribution >= 4 is 29.3 Å². The minimum atomic E-state index is -0.534. The van der Waals surface area contributed by atoms with Gasteiger partial charge >= 0.3 is 12.0 Å². The van der Waals surface area contributed by atoms with Crippen LogP contribution >= 0.6 is 11.6 Å². The first-order valence-corrected chi connectivity index (χ1v) is 11.3. The fourth-order valence-electron chi connectivity index (χ4n) is 3.79. The van der Waals surface area contributed by atoms with E-state index < -0.39 is 5.60 Å². The predicted molar refractivity (Wildman–Crippen MR) is 128 cm³/mol. The highest BCUT2D eigenvalue weighted by molar-refractivity contribution is 6.30. The van der Waals surface area contributed by atoms with Gasteiger partial charge in [-0.2, -0.15) is 0 Å². The number of carbonyl (C=O) groups is 2. The minimum absolute atomic E-state index is 0.108. The molecule has 9 heteroatoms. The Kier molecular flexibility index (Phi) is 8.15. The molecule has 0 aliphatic carbocycles. The number of pyridine rings is 1. The van der Waals surface area contributed by atoms with Crippen LogP contribution < -0.4 is 15.4 Å². The topological polar surface area (TPSA) is 92.8 Å². The molecule has 2 atom stereocenters. The number of carbonyl (C=O) groups excluding carboxylic acids is 2. The Morgan fingerprint density at radius 1 is 1.18 bits per heavy atom. The summed E-state index contributed by atoms with van der Waals surface area (Å²) in [6, 6.07) is 10.2. The van der Waals surface area contributed by atoms with Crippen LogP contribution in [0.25, 0.3) is 0 Å². The lowest BCUT2D eigenvalue weighted by atomic mass is 9.88. The second kappa shape index (κ2) is 10.9. The molecule has 2 aromatic rings. The van der Waals surface area contributed by atoms with E-state index in [1.807, 2.05) is 37.8 Å². The SMILES string of the molecule is COc1ccc(C2CN(CC(=O)OC(C)(C)C)CCC2NC(=O)Nc2ccc(Cl)cc2)nc1. The first kappa shape index (κ1) is 24.8. The van der Waals surface area contributed by atoms with Crippen LogP contribution in [0.15, 0.2) is 42.6 Å². The first-order chi connectivity index (χ1) is 15.6. The number of hydrogen-bond acceptors (Lipinski definition) is 6. The van der Waals surface area contributed by atoms with Crippen molar-refractivity contribution in [1.82, 2.24) is 15.2 Å². The number of nitrogens with zero attached hydrogens (tertiary/aromatic N) is 2. The number of anilines is 1. The quantitative estimate of drug-likeness (QED) is 0.613. The average Bonchev–Trinajstić information content (AvgIpc) is 2.75. The maximum atomic E-state index is 12.7. The van der Waals surface area contributed by atoms with Crippen LogP contribution in [0.5, 0.6) is 5.75 Å². The van der Waals surface area contributed by atoms with Gasteiger partial charge in [-0.05, 0) is 63.6 Å².